The van der Waals surface area contributed by atoms with E-state index in [4.69, 9.17) is 9.47 Å². The number of benzene rings is 1. The van der Waals surface area contributed by atoms with Crippen LogP contribution in [0.2, 0.25) is 0 Å². The fourth-order valence-electron chi connectivity index (χ4n) is 2.81. The summed E-state index contributed by atoms with van der Waals surface area (Å²) in [6.45, 7) is 0.832. The van der Waals surface area contributed by atoms with Crippen LogP contribution in [0, 0.1) is 5.92 Å². The van der Waals surface area contributed by atoms with E-state index in [-0.39, 0.29) is 5.91 Å². The Bertz CT molecular complexity index is 445. The van der Waals surface area contributed by atoms with Gasteiger partial charge < -0.3 is 14.4 Å². The van der Waals surface area contributed by atoms with Gasteiger partial charge in [0.05, 0.1) is 14.2 Å². The van der Waals surface area contributed by atoms with Crippen LogP contribution in [0.5, 0.6) is 11.5 Å². The van der Waals surface area contributed by atoms with Gasteiger partial charge in [0.1, 0.15) is 11.5 Å². The minimum atomic E-state index is 0.0223. The average molecular weight is 277 g/mol. The predicted molar refractivity (Wildman–Crippen MR) is 78.5 cm³/mol. The summed E-state index contributed by atoms with van der Waals surface area (Å²) in [6.07, 6.45) is 5.05. The van der Waals surface area contributed by atoms with Gasteiger partial charge in [-0.05, 0) is 30.9 Å². The molecule has 1 aromatic rings. The van der Waals surface area contributed by atoms with Crippen molar-refractivity contribution in [1.82, 2.24) is 4.90 Å². The lowest BCUT2D eigenvalue weighted by Crippen LogP contribution is -2.31. The van der Waals surface area contributed by atoms with Gasteiger partial charge in [-0.25, -0.2) is 0 Å². The van der Waals surface area contributed by atoms with Gasteiger partial charge in [0, 0.05) is 25.2 Å². The topological polar surface area (TPSA) is 38.8 Å². The molecule has 1 aromatic carbocycles. The summed E-state index contributed by atoms with van der Waals surface area (Å²) < 4.78 is 10.4. The summed E-state index contributed by atoms with van der Waals surface area (Å²) in [7, 11) is 5.04. The molecule has 4 heteroatoms. The second-order valence-corrected chi connectivity index (χ2v) is 5.44. The van der Waals surface area contributed by atoms with E-state index in [9.17, 15) is 4.79 Å². The molecule has 0 saturated heterocycles. The second-order valence-electron chi connectivity index (χ2n) is 5.44. The van der Waals surface area contributed by atoms with Gasteiger partial charge in [0.2, 0.25) is 0 Å². The smallest absolute Gasteiger partial charge is 0.253 e. The van der Waals surface area contributed by atoms with E-state index >= 15 is 0 Å². The Morgan fingerprint density at radius 3 is 2.20 bits per heavy atom. The van der Waals surface area contributed by atoms with Crippen LogP contribution < -0.4 is 9.47 Å². The number of amides is 1. The highest BCUT2D eigenvalue weighted by molar-refractivity contribution is 5.95. The molecule has 2 rings (SSSR count). The molecule has 0 aliphatic heterocycles. The van der Waals surface area contributed by atoms with Crippen LogP contribution in [0.3, 0.4) is 0 Å². The summed E-state index contributed by atoms with van der Waals surface area (Å²) in [5.74, 6) is 1.95. The van der Waals surface area contributed by atoms with Crippen molar-refractivity contribution in [2.75, 3.05) is 27.8 Å². The highest BCUT2D eigenvalue weighted by Gasteiger charge is 2.21. The van der Waals surface area contributed by atoms with Crippen molar-refractivity contribution in [3.63, 3.8) is 0 Å². The molecule has 1 aliphatic carbocycles. The lowest BCUT2D eigenvalue weighted by molar-refractivity contribution is 0.0772. The molecule has 0 spiro atoms. The first kappa shape index (κ1) is 14.7. The lowest BCUT2D eigenvalue weighted by Gasteiger charge is -2.21. The third-order valence-corrected chi connectivity index (χ3v) is 3.95. The molecule has 20 heavy (non-hydrogen) atoms. The monoisotopic (exact) mass is 277 g/mol. The first-order valence-electron chi connectivity index (χ1n) is 7.12. The van der Waals surface area contributed by atoms with Gasteiger partial charge in [-0.15, -0.1) is 0 Å². The molecule has 0 bridgehead atoms. The summed E-state index contributed by atoms with van der Waals surface area (Å²) in [4.78, 5) is 14.3. The van der Waals surface area contributed by atoms with Gasteiger partial charge in [-0.1, -0.05) is 12.8 Å². The number of hydrogen-bond donors (Lipinski definition) is 0. The van der Waals surface area contributed by atoms with Crippen LogP contribution in [-0.2, 0) is 0 Å². The molecule has 0 N–H and O–H groups in total. The summed E-state index contributed by atoms with van der Waals surface area (Å²) in [5.41, 5.74) is 0.613. The quantitative estimate of drug-likeness (QED) is 0.830. The summed E-state index contributed by atoms with van der Waals surface area (Å²) in [5, 5.41) is 0. The van der Waals surface area contributed by atoms with Crippen LogP contribution >= 0.6 is 0 Å². The van der Waals surface area contributed by atoms with Crippen molar-refractivity contribution < 1.29 is 14.3 Å². The zero-order valence-corrected chi connectivity index (χ0v) is 12.5. The number of nitrogens with zero attached hydrogens (tertiary/aromatic N) is 1. The number of carbonyl (C=O) groups excluding carboxylic acids is 1. The lowest BCUT2D eigenvalue weighted by atomic mass is 10.1. The Hall–Kier alpha value is -1.71. The van der Waals surface area contributed by atoms with E-state index in [1.807, 2.05) is 11.9 Å². The van der Waals surface area contributed by atoms with Crippen molar-refractivity contribution >= 4 is 5.91 Å². The molecule has 0 unspecified atom stereocenters. The van der Waals surface area contributed by atoms with Crippen LogP contribution in [0.15, 0.2) is 18.2 Å². The Kier molecular flexibility index (Phi) is 4.88. The van der Waals surface area contributed by atoms with E-state index < -0.39 is 0 Å². The van der Waals surface area contributed by atoms with E-state index in [1.54, 1.807) is 32.4 Å². The van der Waals surface area contributed by atoms with Crippen LogP contribution in [0.25, 0.3) is 0 Å². The molecular formula is C16H23NO3. The first-order valence-corrected chi connectivity index (χ1v) is 7.12. The average Bonchev–Trinajstić information content (AvgIpc) is 2.98. The van der Waals surface area contributed by atoms with Crippen LogP contribution in [0.1, 0.15) is 36.0 Å². The Morgan fingerprint density at radius 2 is 1.70 bits per heavy atom. The number of methoxy groups -OCH3 is 2. The van der Waals surface area contributed by atoms with Crippen molar-refractivity contribution in [3.8, 4) is 11.5 Å². The third kappa shape index (κ3) is 3.44. The fourth-order valence-corrected chi connectivity index (χ4v) is 2.81. The predicted octanol–water partition coefficient (Wildman–Crippen LogP) is 2.97. The molecule has 4 nitrogen and oxygen atoms in total. The van der Waals surface area contributed by atoms with Crippen molar-refractivity contribution in [1.29, 1.82) is 0 Å². The standard InChI is InChI=1S/C16H23NO3/c1-17(11-12-6-4-5-7-12)16(18)13-8-14(19-2)10-15(9-13)20-3/h8-10,12H,4-7,11H2,1-3H3. The van der Waals surface area contributed by atoms with Gasteiger partial charge >= 0.3 is 0 Å². The number of rotatable bonds is 5. The minimum absolute atomic E-state index is 0.0223. The molecule has 110 valence electrons. The number of carbonyl (C=O) groups is 1. The third-order valence-electron chi connectivity index (χ3n) is 3.95. The van der Waals surface area contributed by atoms with E-state index in [2.05, 4.69) is 0 Å². The SMILES string of the molecule is COc1cc(OC)cc(C(=O)N(C)CC2CCCC2)c1. The second kappa shape index (κ2) is 6.64. The Morgan fingerprint density at radius 1 is 1.15 bits per heavy atom. The van der Waals surface area contributed by atoms with Crippen molar-refractivity contribution in [3.05, 3.63) is 23.8 Å². The Labute approximate surface area is 120 Å². The molecule has 0 radical (unpaired) electrons. The van der Waals surface area contributed by atoms with Crippen LogP contribution in [-0.4, -0.2) is 38.6 Å². The normalized spacial score (nSPS) is 15.2. The van der Waals surface area contributed by atoms with Crippen LogP contribution in [0.4, 0.5) is 0 Å². The maximum absolute atomic E-state index is 12.5. The molecule has 1 amide bonds. The highest BCUT2D eigenvalue weighted by Crippen LogP contribution is 2.27. The van der Waals surface area contributed by atoms with Gasteiger partial charge in [0.15, 0.2) is 0 Å². The maximum atomic E-state index is 12.5. The maximum Gasteiger partial charge on any atom is 0.253 e. The van der Waals surface area contributed by atoms with Gasteiger partial charge in [-0.2, -0.15) is 0 Å². The zero-order valence-electron chi connectivity index (χ0n) is 12.5. The molecule has 0 atom stereocenters. The number of hydrogen-bond acceptors (Lipinski definition) is 3. The van der Waals surface area contributed by atoms with Crippen molar-refractivity contribution in [2.24, 2.45) is 5.92 Å². The van der Waals surface area contributed by atoms with E-state index in [0.717, 1.165) is 6.54 Å². The van der Waals surface area contributed by atoms with Gasteiger partial charge in [-0.3, -0.25) is 4.79 Å². The first-order chi connectivity index (χ1) is 9.63. The summed E-state index contributed by atoms with van der Waals surface area (Å²) in [6, 6.07) is 5.29. The van der Waals surface area contributed by atoms with E-state index in [1.165, 1.54) is 25.7 Å². The Balaban J connectivity index is 2.10. The molecular weight excluding hydrogens is 254 g/mol. The fraction of sp³-hybridized carbons (Fsp3) is 0.562. The summed E-state index contributed by atoms with van der Waals surface area (Å²) >= 11 is 0. The molecule has 1 aliphatic rings. The molecule has 1 saturated carbocycles. The zero-order chi connectivity index (χ0) is 14.5. The van der Waals surface area contributed by atoms with Crippen molar-refractivity contribution in [2.45, 2.75) is 25.7 Å². The minimum Gasteiger partial charge on any atom is -0.497 e. The molecule has 1 fully saturated rings. The number of ether oxygens (including phenoxy) is 2. The highest BCUT2D eigenvalue weighted by atomic mass is 16.5. The molecule has 0 aromatic heterocycles. The largest absolute Gasteiger partial charge is 0.497 e. The van der Waals surface area contributed by atoms with Gasteiger partial charge in [0.25, 0.3) is 5.91 Å². The molecule has 0 heterocycles. The van der Waals surface area contributed by atoms with E-state index in [0.29, 0.717) is 23.0 Å².